The number of amides is 1. The van der Waals surface area contributed by atoms with Gasteiger partial charge in [-0.2, -0.15) is 11.3 Å². The molecule has 2 rings (SSSR count). The number of hydrogen-bond donors (Lipinski definition) is 1. The van der Waals surface area contributed by atoms with Gasteiger partial charge in [0.1, 0.15) is 0 Å². The van der Waals surface area contributed by atoms with Crippen LogP contribution in [0.2, 0.25) is 0 Å². The second-order valence-electron chi connectivity index (χ2n) is 7.05. The summed E-state index contributed by atoms with van der Waals surface area (Å²) in [7, 11) is 0. The van der Waals surface area contributed by atoms with Crippen molar-refractivity contribution in [3.63, 3.8) is 0 Å². The summed E-state index contributed by atoms with van der Waals surface area (Å²) in [6, 6.07) is 2.17. The SMILES string of the molecule is CC(C)(N)C(C)(C)C(=O)N1CCN(Cc2ccsc2)CC1. The van der Waals surface area contributed by atoms with Crippen LogP contribution in [0.4, 0.5) is 0 Å². The van der Waals surface area contributed by atoms with E-state index < -0.39 is 11.0 Å². The maximum atomic E-state index is 12.7. The van der Waals surface area contributed by atoms with Gasteiger partial charge in [-0.15, -0.1) is 0 Å². The van der Waals surface area contributed by atoms with Crippen molar-refractivity contribution >= 4 is 17.2 Å². The number of carbonyl (C=O) groups excluding carboxylic acids is 1. The Hall–Kier alpha value is -0.910. The lowest BCUT2D eigenvalue weighted by atomic mass is 9.74. The minimum absolute atomic E-state index is 0.171. The number of thiophene rings is 1. The highest BCUT2D eigenvalue weighted by atomic mass is 32.1. The average molecular weight is 309 g/mol. The molecule has 0 aliphatic carbocycles. The van der Waals surface area contributed by atoms with Crippen LogP contribution in [-0.2, 0) is 11.3 Å². The van der Waals surface area contributed by atoms with Crippen LogP contribution in [0.3, 0.4) is 0 Å². The molecule has 0 atom stereocenters. The Morgan fingerprint density at radius 1 is 1.24 bits per heavy atom. The van der Waals surface area contributed by atoms with Gasteiger partial charge in [-0.3, -0.25) is 9.69 Å². The molecule has 1 amide bonds. The summed E-state index contributed by atoms with van der Waals surface area (Å²) in [4.78, 5) is 17.1. The third kappa shape index (κ3) is 3.65. The van der Waals surface area contributed by atoms with Crippen LogP contribution < -0.4 is 5.73 Å². The summed E-state index contributed by atoms with van der Waals surface area (Å²) < 4.78 is 0. The lowest BCUT2D eigenvalue weighted by molar-refractivity contribution is -0.145. The van der Waals surface area contributed by atoms with Gasteiger partial charge < -0.3 is 10.6 Å². The van der Waals surface area contributed by atoms with Crippen molar-refractivity contribution in [2.75, 3.05) is 26.2 Å². The summed E-state index contributed by atoms with van der Waals surface area (Å²) in [6.45, 7) is 12.2. The number of nitrogens with zero attached hydrogens (tertiary/aromatic N) is 2. The molecule has 1 saturated heterocycles. The van der Waals surface area contributed by atoms with Crippen LogP contribution in [0.25, 0.3) is 0 Å². The first-order valence-corrected chi connectivity index (χ1v) is 8.48. The van der Waals surface area contributed by atoms with Crippen molar-refractivity contribution in [3.05, 3.63) is 22.4 Å². The molecule has 0 unspecified atom stereocenters. The lowest BCUT2D eigenvalue weighted by Gasteiger charge is -2.43. The zero-order chi connectivity index (χ0) is 15.7. The highest BCUT2D eigenvalue weighted by Gasteiger charge is 2.43. The predicted octanol–water partition coefficient (Wildman–Crippen LogP) is 2.16. The van der Waals surface area contributed by atoms with Crippen molar-refractivity contribution in [2.45, 2.75) is 39.8 Å². The first-order valence-electron chi connectivity index (χ1n) is 7.53. The normalized spacial score (nSPS) is 18.0. The van der Waals surface area contributed by atoms with E-state index in [4.69, 9.17) is 5.73 Å². The topological polar surface area (TPSA) is 49.6 Å². The van der Waals surface area contributed by atoms with Crippen LogP contribution >= 0.6 is 11.3 Å². The van der Waals surface area contributed by atoms with Gasteiger partial charge in [-0.25, -0.2) is 0 Å². The van der Waals surface area contributed by atoms with E-state index in [-0.39, 0.29) is 5.91 Å². The fourth-order valence-corrected chi connectivity index (χ4v) is 3.08. The summed E-state index contributed by atoms with van der Waals surface area (Å²) in [5.41, 5.74) is 6.49. The van der Waals surface area contributed by atoms with Crippen LogP contribution in [0.1, 0.15) is 33.3 Å². The molecule has 5 heteroatoms. The first kappa shape index (κ1) is 16.5. The molecule has 1 aliphatic rings. The summed E-state index contributed by atoms with van der Waals surface area (Å²) in [6.07, 6.45) is 0. The van der Waals surface area contributed by atoms with Gasteiger partial charge in [-0.05, 0) is 50.1 Å². The van der Waals surface area contributed by atoms with Crippen molar-refractivity contribution in [3.8, 4) is 0 Å². The zero-order valence-corrected chi connectivity index (χ0v) is 14.4. The van der Waals surface area contributed by atoms with Gasteiger partial charge in [0.25, 0.3) is 0 Å². The van der Waals surface area contributed by atoms with Crippen LogP contribution in [0.5, 0.6) is 0 Å². The second-order valence-corrected chi connectivity index (χ2v) is 7.83. The third-order valence-electron chi connectivity index (χ3n) is 4.79. The summed E-state index contributed by atoms with van der Waals surface area (Å²) in [5.74, 6) is 0.171. The van der Waals surface area contributed by atoms with Gasteiger partial charge in [0, 0.05) is 38.3 Å². The Labute approximate surface area is 131 Å². The number of piperazine rings is 1. The molecule has 0 aromatic carbocycles. The van der Waals surface area contributed by atoms with Crippen molar-refractivity contribution in [1.29, 1.82) is 0 Å². The maximum absolute atomic E-state index is 12.7. The second kappa shape index (κ2) is 6.07. The fraction of sp³-hybridized carbons (Fsp3) is 0.688. The molecule has 0 radical (unpaired) electrons. The number of rotatable bonds is 4. The molecule has 2 N–H and O–H groups in total. The molecule has 0 saturated carbocycles. The van der Waals surface area contributed by atoms with E-state index in [9.17, 15) is 4.79 Å². The van der Waals surface area contributed by atoms with E-state index in [0.29, 0.717) is 0 Å². The predicted molar refractivity (Wildman–Crippen MR) is 88.2 cm³/mol. The van der Waals surface area contributed by atoms with E-state index in [1.54, 1.807) is 11.3 Å². The van der Waals surface area contributed by atoms with E-state index in [0.717, 1.165) is 32.7 Å². The van der Waals surface area contributed by atoms with Crippen molar-refractivity contribution in [1.82, 2.24) is 9.80 Å². The van der Waals surface area contributed by atoms with Gasteiger partial charge in [0.15, 0.2) is 0 Å². The monoisotopic (exact) mass is 309 g/mol. The van der Waals surface area contributed by atoms with Crippen LogP contribution in [-0.4, -0.2) is 47.4 Å². The number of hydrogen-bond acceptors (Lipinski definition) is 4. The van der Waals surface area contributed by atoms with E-state index in [1.807, 2.05) is 32.6 Å². The fourth-order valence-electron chi connectivity index (χ4n) is 2.42. The molecule has 21 heavy (non-hydrogen) atoms. The third-order valence-corrected chi connectivity index (χ3v) is 5.52. The molecule has 2 heterocycles. The Morgan fingerprint density at radius 3 is 2.33 bits per heavy atom. The van der Waals surface area contributed by atoms with Crippen LogP contribution in [0.15, 0.2) is 16.8 Å². The molecular weight excluding hydrogens is 282 g/mol. The van der Waals surface area contributed by atoms with Gasteiger partial charge in [-0.1, -0.05) is 0 Å². The minimum atomic E-state index is -0.539. The Bertz CT molecular complexity index is 468. The summed E-state index contributed by atoms with van der Waals surface area (Å²) in [5, 5.41) is 4.30. The molecule has 1 aliphatic heterocycles. The number of nitrogens with two attached hydrogens (primary N) is 1. The van der Waals surface area contributed by atoms with E-state index in [1.165, 1.54) is 5.56 Å². The van der Waals surface area contributed by atoms with Gasteiger partial charge >= 0.3 is 0 Å². The smallest absolute Gasteiger partial charge is 0.230 e. The Balaban J connectivity index is 1.90. The zero-order valence-electron chi connectivity index (χ0n) is 13.6. The summed E-state index contributed by atoms with van der Waals surface area (Å²) >= 11 is 1.73. The average Bonchev–Trinajstić information content (AvgIpc) is 2.90. The largest absolute Gasteiger partial charge is 0.340 e. The lowest BCUT2D eigenvalue weighted by Crippen LogP contribution is -2.59. The molecule has 1 aromatic heterocycles. The van der Waals surface area contributed by atoms with E-state index >= 15 is 0 Å². The highest BCUT2D eigenvalue weighted by molar-refractivity contribution is 7.07. The maximum Gasteiger partial charge on any atom is 0.230 e. The molecular formula is C16H27N3OS. The number of carbonyl (C=O) groups is 1. The highest BCUT2D eigenvalue weighted by Crippen LogP contribution is 2.31. The molecule has 1 aromatic rings. The molecule has 4 nitrogen and oxygen atoms in total. The molecule has 118 valence electrons. The minimum Gasteiger partial charge on any atom is -0.340 e. The van der Waals surface area contributed by atoms with E-state index in [2.05, 4.69) is 21.7 Å². The molecule has 0 spiro atoms. The van der Waals surface area contributed by atoms with Gasteiger partial charge in [0.05, 0.1) is 5.41 Å². The van der Waals surface area contributed by atoms with Crippen molar-refractivity contribution in [2.24, 2.45) is 11.1 Å². The molecule has 0 bridgehead atoms. The molecule has 1 fully saturated rings. The Kier molecular flexibility index (Phi) is 4.76. The first-order chi connectivity index (χ1) is 9.72. The van der Waals surface area contributed by atoms with Crippen molar-refractivity contribution < 1.29 is 4.79 Å². The van der Waals surface area contributed by atoms with Gasteiger partial charge in [0.2, 0.25) is 5.91 Å². The quantitative estimate of drug-likeness (QED) is 0.927. The standard InChI is InChI=1S/C16H27N3OS/c1-15(2,16(3,4)17)14(20)19-8-6-18(7-9-19)11-13-5-10-21-12-13/h5,10,12H,6-9,11,17H2,1-4H3. The Morgan fingerprint density at radius 2 is 1.86 bits per heavy atom. The van der Waals surface area contributed by atoms with Crippen LogP contribution in [0, 0.1) is 5.41 Å².